The number of ether oxygens (including phenoxy) is 1. The fourth-order valence-electron chi connectivity index (χ4n) is 1.02. The Labute approximate surface area is 116 Å². The number of hydrogen-bond acceptors (Lipinski definition) is 4. The molecule has 0 atom stereocenters. The van der Waals surface area contributed by atoms with Crippen LogP contribution >= 0.6 is 0 Å². The van der Waals surface area contributed by atoms with Gasteiger partial charge in [-0.3, -0.25) is 4.79 Å². The zero-order valence-corrected chi connectivity index (χ0v) is 7.35. The van der Waals surface area contributed by atoms with Crippen LogP contribution in [0.3, 0.4) is 0 Å². The molecule has 5 nitrogen and oxygen atoms in total. The Morgan fingerprint density at radius 3 is 2.47 bits per heavy atom. The van der Waals surface area contributed by atoms with Crippen molar-refractivity contribution in [1.29, 1.82) is 0 Å². The quantitative estimate of drug-likeness (QED) is 0.572. The number of carbonyl (C=O) groups is 2. The molecule has 0 unspecified atom stereocenters. The van der Waals surface area contributed by atoms with Crippen molar-refractivity contribution in [3.63, 3.8) is 0 Å². The van der Waals surface area contributed by atoms with Gasteiger partial charge in [0.05, 0.1) is 7.11 Å². The summed E-state index contributed by atoms with van der Waals surface area (Å²) in [6.45, 7) is 0. The Kier molecular flexibility index (Phi) is 5.64. The molecular formula is C9H10CaO5. The normalized spacial score (nSPS) is 8.87. The third-order valence-corrected chi connectivity index (χ3v) is 1.68. The molecule has 0 aliphatic carbocycles. The molecule has 0 aliphatic heterocycles. The molecule has 0 heterocycles. The Hall–Kier alpha value is -0.780. The molecule has 0 saturated heterocycles. The van der Waals surface area contributed by atoms with Crippen LogP contribution in [0.1, 0.15) is 20.7 Å². The van der Waals surface area contributed by atoms with Gasteiger partial charge >= 0.3 is 43.7 Å². The van der Waals surface area contributed by atoms with E-state index in [2.05, 4.69) is 0 Å². The summed E-state index contributed by atoms with van der Waals surface area (Å²) in [6.07, 6.45) is 0.481. The van der Waals surface area contributed by atoms with Crippen LogP contribution in [0.2, 0.25) is 0 Å². The van der Waals surface area contributed by atoms with Crippen molar-refractivity contribution in [2.45, 2.75) is 0 Å². The maximum atomic E-state index is 10.6. The number of carboxylic acids is 1. The van der Waals surface area contributed by atoms with E-state index in [1.165, 1.54) is 13.2 Å². The molecule has 1 rings (SSSR count). The van der Waals surface area contributed by atoms with Gasteiger partial charge in [-0.15, -0.1) is 0 Å². The minimum atomic E-state index is -1.32. The molecule has 0 aliphatic rings. The number of benzene rings is 1. The number of hydrogen-bond donors (Lipinski definition) is 2. The number of aromatic hydroxyl groups is 1. The fraction of sp³-hybridized carbons (Fsp3) is 0.111. The first-order chi connectivity index (χ1) is 6.60. The van der Waals surface area contributed by atoms with Crippen LogP contribution in [0, 0.1) is 0 Å². The van der Waals surface area contributed by atoms with Gasteiger partial charge in [-0.1, -0.05) is 0 Å². The van der Waals surface area contributed by atoms with Gasteiger partial charge in [-0.25, -0.2) is 4.79 Å². The molecule has 0 aromatic heterocycles. The van der Waals surface area contributed by atoms with E-state index in [9.17, 15) is 14.7 Å². The average molecular weight is 238 g/mol. The first-order valence-corrected chi connectivity index (χ1v) is 3.69. The van der Waals surface area contributed by atoms with E-state index in [1.807, 2.05) is 0 Å². The van der Waals surface area contributed by atoms with Crippen LogP contribution < -0.4 is 4.74 Å². The molecule has 2 N–H and O–H groups in total. The summed E-state index contributed by atoms with van der Waals surface area (Å²) < 4.78 is 4.71. The molecule has 0 fully saturated rings. The first-order valence-electron chi connectivity index (χ1n) is 3.69. The maximum absolute atomic E-state index is 10.6. The van der Waals surface area contributed by atoms with Gasteiger partial charge in [0.1, 0.15) is 11.8 Å². The second-order valence-corrected chi connectivity index (χ2v) is 2.54. The number of carboxylic acid groups (broad SMARTS) is 1. The van der Waals surface area contributed by atoms with Gasteiger partial charge < -0.3 is 14.9 Å². The first kappa shape index (κ1) is 14.2. The van der Waals surface area contributed by atoms with Crippen LogP contribution in [0.5, 0.6) is 11.5 Å². The Balaban J connectivity index is 0.00000196. The number of carbonyl (C=O) groups excluding carboxylic acids is 1. The zero-order valence-electron chi connectivity index (χ0n) is 7.35. The molecule has 0 saturated carbocycles. The summed E-state index contributed by atoms with van der Waals surface area (Å²) in [4.78, 5) is 21.1. The van der Waals surface area contributed by atoms with Crippen LogP contribution in [-0.4, -0.2) is 67.3 Å². The predicted molar refractivity (Wildman–Crippen MR) is 55.5 cm³/mol. The predicted octanol–water partition coefficient (Wildman–Crippen LogP) is -0.00470. The Morgan fingerprint density at radius 1 is 1.47 bits per heavy atom. The number of methoxy groups -OCH3 is 1. The second-order valence-electron chi connectivity index (χ2n) is 2.54. The van der Waals surface area contributed by atoms with Crippen molar-refractivity contribution in [2.75, 3.05) is 7.11 Å². The summed E-state index contributed by atoms with van der Waals surface area (Å²) in [5, 5.41) is 18.0. The topological polar surface area (TPSA) is 83.8 Å². The number of aromatic carboxylic acids is 1. The van der Waals surface area contributed by atoms with Crippen molar-refractivity contribution in [1.82, 2.24) is 0 Å². The van der Waals surface area contributed by atoms with Gasteiger partial charge in [0.2, 0.25) is 0 Å². The molecule has 78 valence electrons. The minimum absolute atomic E-state index is 0. The van der Waals surface area contributed by atoms with Crippen LogP contribution in [0.15, 0.2) is 12.1 Å². The Bertz CT molecular complexity index is 388. The van der Waals surface area contributed by atoms with E-state index in [0.717, 1.165) is 6.07 Å². The summed E-state index contributed by atoms with van der Waals surface area (Å²) in [6, 6.07) is 2.34. The third-order valence-electron chi connectivity index (χ3n) is 1.68. The van der Waals surface area contributed by atoms with E-state index < -0.39 is 11.7 Å². The molecule has 0 amide bonds. The number of phenols is 1. The molecule has 1 aromatic carbocycles. The van der Waals surface area contributed by atoms with Crippen molar-refractivity contribution in [3.8, 4) is 11.5 Å². The van der Waals surface area contributed by atoms with Gasteiger partial charge in [-0.05, 0) is 12.1 Å². The van der Waals surface area contributed by atoms with Gasteiger partial charge in [0.25, 0.3) is 0 Å². The van der Waals surface area contributed by atoms with Crippen molar-refractivity contribution < 1.29 is 24.5 Å². The van der Waals surface area contributed by atoms with Gasteiger partial charge in [0.15, 0.2) is 11.5 Å². The van der Waals surface area contributed by atoms with Gasteiger partial charge in [0, 0.05) is 5.56 Å². The summed E-state index contributed by atoms with van der Waals surface area (Å²) >= 11 is 0. The number of rotatable bonds is 3. The summed E-state index contributed by atoms with van der Waals surface area (Å²) in [5.41, 5.74) is -0.219. The second kappa shape index (κ2) is 5.95. The number of aldehydes is 1. The molecule has 6 heteroatoms. The standard InChI is InChI=1S/C9H8O5.Ca.2H/c1-14-7-3-5(4-10)2-6(8(7)11)9(12)13;;;/h2-4,11H,1H3,(H,12,13);;;. The fourth-order valence-corrected chi connectivity index (χ4v) is 1.02. The molecule has 0 spiro atoms. The van der Waals surface area contributed by atoms with E-state index in [-0.39, 0.29) is 54.6 Å². The average Bonchev–Trinajstić information content (AvgIpc) is 2.17. The SMILES string of the molecule is COc1cc(C=O)cc(C(=O)O)c1O.[CaH2]. The zero-order chi connectivity index (χ0) is 10.7. The van der Waals surface area contributed by atoms with E-state index in [4.69, 9.17) is 9.84 Å². The summed E-state index contributed by atoms with van der Waals surface area (Å²) in [5.74, 6) is -1.83. The molecule has 1 aromatic rings. The van der Waals surface area contributed by atoms with Crippen LogP contribution in [0.25, 0.3) is 0 Å². The van der Waals surface area contributed by atoms with Gasteiger partial charge in [-0.2, -0.15) is 0 Å². The Morgan fingerprint density at radius 2 is 2.07 bits per heavy atom. The van der Waals surface area contributed by atoms with E-state index >= 15 is 0 Å². The van der Waals surface area contributed by atoms with Crippen molar-refractivity contribution in [3.05, 3.63) is 23.3 Å². The van der Waals surface area contributed by atoms with E-state index in [1.54, 1.807) is 0 Å². The van der Waals surface area contributed by atoms with Crippen molar-refractivity contribution in [2.24, 2.45) is 0 Å². The summed E-state index contributed by atoms with van der Waals surface area (Å²) in [7, 11) is 1.27. The molecule has 0 bridgehead atoms. The molecule has 15 heavy (non-hydrogen) atoms. The van der Waals surface area contributed by atoms with Crippen LogP contribution in [-0.2, 0) is 0 Å². The van der Waals surface area contributed by atoms with Crippen LogP contribution in [0.4, 0.5) is 0 Å². The third kappa shape index (κ3) is 3.09. The van der Waals surface area contributed by atoms with E-state index in [0.29, 0.717) is 6.29 Å². The van der Waals surface area contributed by atoms with Crippen molar-refractivity contribution >= 4 is 50.0 Å². The molecule has 0 radical (unpaired) electrons. The monoisotopic (exact) mass is 238 g/mol. The molecular weight excluding hydrogens is 228 g/mol.